The minimum absolute atomic E-state index is 0. The van der Waals surface area contributed by atoms with Crippen LogP contribution in [0.25, 0.3) is 22.2 Å². The lowest BCUT2D eigenvalue weighted by molar-refractivity contribution is -0.733. The van der Waals surface area contributed by atoms with Gasteiger partial charge in [-0.25, -0.2) is 0 Å². The molecule has 2 heterocycles. The first-order valence-corrected chi connectivity index (χ1v) is 8.49. The number of aryl methyl sites for hydroxylation is 2. The monoisotopic (exact) mass is 413 g/mol. The van der Waals surface area contributed by atoms with Crippen molar-refractivity contribution in [3.63, 3.8) is 0 Å². The Labute approximate surface area is 160 Å². The molecule has 0 atom stereocenters. The number of tetrazole rings is 1. The molecule has 0 aliphatic heterocycles. The fourth-order valence-corrected chi connectivity index (χ4v) is 3.34. The van der Waals surface area contributed by atoms with E-state index in [1.807, 2.05) is 72.3 Å². The Kier molecular flexibility index (Phi) is 5.06. The normalized spacial score (nSPS) is 10.5. The van der Waals surface area contributed by atoms with Crippen LogP contribution in [0.4, 0.5) is 0 Å². The van der Waals surface area contributed by atoms with Crippen LogP contribution in [0.3, 0.4) is 0 Å². The van der Waals surface area contributed by atoms with E-state index in [9.17, 15) is 0 Å². The molecule has 4 rings (SSSR count). The van der Waals surface area contributed by atoms with Crippen LogP contribution in [0.15, 0.2) is 60.7 Å². The molecule has 0 saturated carbocycles. The summed E-state index contributed by atoms with van der Waals surface area (Å²) in [7, 11) is 0. The van der Waals surface area contributed by atoms with Crippen LogP contribution >= 0.6 is 11.3 Å². The highest BCUT2D eigenvalue weighted by atomic mass is 79.9. The fourth-order valence-electron chi connectivity index (χ4n) is 2.49. The summed E-state index contributed by atoms with van der Waals surface area (Å²) < 4.78 is 1.99. The van der Waals surface area contributed by atoms with Crippen LogP contribution in [0.2, 0.25) is 0 Å². The average molecular weight is 414 g/mol. The van der Waals surface area contributed by atoms with Gasteiger partial charge in [-0.15, -0.1) is 4.68 Å². The second-order valence-electron chi connectivity index (χ2n) is 5.45. The minimum atomic E-state index is 0. The van der Waals surface area contributed by atoms with E-state index in [0.29, 0.717) is 0 Å². The molecule has 126 valence electrons. The Hall–Kier alpha value is -2.38. The zero-order valence-electron chi connectivity index (χ0n) is 13.8. The first-order chi connectivity index (χ1) is 11.7. The van der Waals surface area contributed by atoms with Gasteiger partial charge < -0.3 is 17.0 Å². The Balaban J connectivity index is 0.00000182. The van der Waals surface area contributed by atoms with E-state index in [2.05, 4.69) is 22.2 Å². The molecule has 0 bridgehead atoms. The number of benzene rings is 2. The van der Waals surface area contributed by atoms with Gasteiger partial charge in [0.1, 0.15) is 10.9 Å². The van der Waals surface area contributed by atoms with Gasteiger partial charge in [-0.05, 0) is 42.9 Å². The smallest absolute Gasteiger partial charge is 0.364 e. The molecule has 2 aromatic heterocycles. The largest absolute Gasteiger partial charge is 1.00 e. The van der Waals surface area contributed by atoms with Crippen LogP contribution in [0, 0.1) is 13.8 Å². The first-order valence-electron chi connectivity index (χ1n) is 7.67. The van der Waals surface area contributed by atoms with Gasteiger partial charge in [0.15, 0.2) is 0 Å². The highest BCUT2D eigenvalue weighted by Crippen LogP contribution is 2.21. The van der Waals surface area contributed by atoms with Crippen LogP contribution in [-0.4, -0.2) is 20.0 Å². The summed E-state index contributed by atoms with van der Waals surface area (Å²) in [5.41, 5.74) is 3.02. The molecule has 0 fully saturated rings. The lowest BCUT2D eigenvalue weighted by Crippen LogP contribution is -3.00. The van der Waals surface area contributed by atoms with Crippen molar-refractivity contribution in [2.24, 2.45) is 0 Å². The highest BCUT2D eigenvalue weighted by molar-refractivity contribution is 7.13. The highest BCUT2D eigenvalue weighted by Gasteiger charge is 2.25. The minimum Gasteiger partial charge on any atom is -1.00 e. The third-order valence-corrected chi connectivity index (χ3v) is 4.87. The average Bonchev–Trinajstić information content (AvgIpc) is 3.20. The SMILES string of the molecule is Cc1nc(-[n+]2nnc(-c3ccccc3)n2-c2ccccc2)sc1C.[Br-]. The molecule has 0 N–H and O–H groups in total. The van der Waals surface area contributed by atoms with Crippen LogP contribution in [0.5, 0.6) is 0 Å². The Morgan fingerprint density at radius 1 is 0.920 bits per heavy atom. The summed E-state index contributed by atoms with van der Waals surface area (Å²) in [4.78, 5) is 7.58. The molecule has 4 aromatic rings. The summed E-state index contributed by atoms with van der Waals surface area (Å²) in [6, 6.07) is 20.2. The van der Waals surface area contributed by atoms with Crippen LogP contribution in [0.1, 0.15) is 10.6 Å². The van der Waals surface area contributed by atoms with E-state index in [1.54, 1.807) is 16.1 Å². The molecular weight excluding hydrogens is 398 g/mol. The third kappa shape index (κ3) is 3.25. The molecular formula is C18H16BrN5S. The standard InChI is InChI=1S/C18H16N5S.BrH/c1-13-14(2)24-18(19-13)23-21-20-17(15-9-5-3-6-10-15)22(23)16-11-7-4-8-12-16;/h3-12H,1-2H3;1H/q+1;/p-1. The lowest BCUT2D eigenvalue weighted by atomic mass is 10.2. The van der Waals surface area contributed by atoms with Gasteiger partial charge in [0.05, 0.1) is 5.69 Å². The maximum Gasteiger partial charge on any atom is 0.364 e. The van der Waals surface area contributed by atoms with E-state index in [0.717, 1.165) is 27.9 Å². The molecule has 0 radical (unpaired) electrons. The van der Waals surface area contributed by atoms with Crippen molar-refractivity contribution in [1.82, 2.24) is 20.0 Å². The first kappa shape index (κ1) is 17.4. The van der Waals surface area contributed by atoms with Gasteiger partial charge in [0.2, 0.25) is 0 Å². The van der Waals surface area contributed by atoms with Crippen molar-refractivity contribution >= 4 is 11.3 Å². The van der Waals surface area contributed by atoms with Crippen LogP contribution in [-0.2, 0) is 0 Å². The maximum absolute atomic E-state index is 4.63. The number of rotatable bonds is 3. The number of thiazole rings is 1. The van der Waals surface area contributed by atoms with E-state index in [1.165, 1.54) is 4.88 Å². The summed E-state index contributed by atoms with van der Waals surface area (Å²) >= 11 is 1.61. The van der Waals surface area contributed by atoms with Crippen molar-refractivity contribution in [2.75, 3.05) is 0 Å². The van der Waals surface area contributed by atoms with Crippen molar-refractivity contribution < 1.29 is 21.8 Å². The van der Waals surface area contributed by atoms with E-state index >= 15 is 0 Å². The van der Waals surface area contributed by atoms with E-state index in [4.69, 9.17) is 0 Å². The fraction of sp³-hybridized carbons (Fsp3) is 0.111. The molecule has 0 spiro atoms. The van der Waals surface area contributed by atoms with E-state index < -0.39 is 0 Å². The molecule has 0 unspecified atom stereocenters. The molecule has 2 aromatic carbocycles. The van der Waals surface area contributed by atoms with Gasteiger partial charge >= 0.3 is 5.13 Å². The summed E-state index contributed by atoms with van der Waals surface area (Å²) in [5, 5.41) is 9.60. The molecule has 7 heteroatoms. The topological polar surface area (TPSA) is 47.5 Å². The predicted molar refractivity (Wildman–Crippen MR) is 93.5 cm³/mol. The quantitative estimate of drug-likeness (QED) is 0.453. The summed E-state index contributed by atoms with van der Waals surface area (Å²) in [6.07, 6.45) is 0. The Morgan fingerprint density at radius 3 is 2.16 bits per heavy atom. The number of hydrogen-bond acceptors (Lipinski definition) is 4. The Morgan fingerprint density at radius 2 is 1.56 bits per heavy atom. The molecule has 0 saturated heterocycles. The molecule has 0 amide bonds. The van der Waals surface area contributed by atoms with Gasteiger partial charge in [0.25, 0.3) is 5.82 Å². The second-order valence-corrected chi connectivity index (χ2v) is 6.64. The number of hydrogen-bond donors (Lipinski definition) is 0. The molecule has 0 aliphatic rings. The zero-order chi connectivity index (χ0) is 16.5. The van der Waals surface area contributed by atoms with Gasteiger partial charge in [-0.3, -0.25) is 0 Å². The summed E-state index contributed by atoms with van der Waals surface area (Å²) in [5.74, 6) is 0.785. The number of nitrogens with zero attached hydrogens (tertiary/aromatic N) is 5. The number of aromatic nitrogens is 5. The van der Waals surface area contributed by atoms with Crippen LogP contribution < -0.4 is 21.8 Å². The van der Waals surface area contributed by atoms with E-state index in [-0.39, 0.29) is 17.0 Å². The molecule has 0 aliphatic carbocycles. The van der Waals surface area contributed by atoms with Crippen molar-refractivity contribution in [1.29, 1.82) is 0 Å². The second kappa shape index (κ2) is 7.25. The maximum atomic E-state index is 4.63. The van der Waals surface area contributed by atoms with Gasteiger partial charge in [-0.1, -0.05) is 52.7 Å². The summed E-state index contributed by atoms with van der Waals surface area (Å²) in [6.45, 7) is 4.08. The molecule has 25 heavy (non-hydrogen) atoms. The number of halogens is 1. The Bertz CT molecular complexity index is 960. The van der Waals surface area contributed by atoms with Crippen molar-refractivity contribution in [2.45, 2.75) is 13.8 Å². The van der Waals surface area contributed by atoms with Crippen molar-refractivity contribution in [3.8, 4) is 22.2 Å². The van der Waals surface area contributed by atoms with Gasteiger partial charge in [-0.2, -0.15) is 0 Å². The predicted octanol–water partition coefficient (Wildman–Crippen LogP) is 0.288. The van der Waals surface area contributed by atoms with Gasteiger partial charge in [0, 0.05) is 15.5 Å². The molecule has 5 nitrogen and oxygen atoms in total. The lowest BCUT2D eigenvalue weighted by Gasteiger charge is -2.04. The third-order valence-electron chi connectivity index (χ3n) is 3.84. The van der Waals surface area contributed by atoms with Crippen molar-refractivity contribution in [3.05, 3.63) is 71.2 Å². The number of para-hydroxylation sites is 1. The zero-order valence-corrected chi connectivity index (χ0v) is 16.2.